The van der Waals surface area contributed by atoms with Crippen LogP contribution in [0.5, 0.6) is 0 Å². The van der Waals surface area contributed by atoms with Gasteiger partial charge in [0.05, 0.1) is 5.75 Å². The molecule has 0 saturated carbocycles. The van der Waals surface area contributed by atoms with Crippen molar-refractivity contribution in [1.29, 1.82) is 0 Å². The van der Waals surface area contributed by atoms with Gasteiger partial charge in [0.2, 0.25) is 15.0 Å². The van der Waals surface area contributed by atoms with Crippen LogP contribution in [-0.2, 0) is 16.4 Å². The molecule has 0 radical (unpaired) electrons. The van der Waals surface area contributed by atoms with Gasteiger partial charge in [-0.2, -0.15) is 0 Å². The average molecular weight is 188 g/mol. The Bertz CT molecular complexity index is 353. The molecule has 12 heavy (non-hydrogen) atoms. The topological polar surface area (TPSA) is 52.0 Å². The molecule has 1 aromatic heterocycles. The highest BCUT2D eigenvalue weighted by Crippen LogP contribution is 2.07. The summed E-state index contributed by atoms with van der Waals surface area (Å²) in [4.78, 5) is 3.80. The van der Waals surface area contributed by atoms with Crippen LogP contribution in [0.3, 0.4) is 0 Å². The van der Waals surface area contributed by atoms with E-state index in [1.807, 2.05) is 6.92 Å². The first-order chi connectivity index (χ1) is 5.61. The Labute approximate surface area is 72.2 Å². The standard InChI is InChI=1S/C7H12N2O2S/c1-3-9-6-5-8-7(9)12(10,11)4-2/h5-6H,3-4H2,1-2H3. The van der Waals surface area contributed by atoms with Crippen molar-refractivity contribution in [2.24, 2.45) is 0 Å². The average Bonchev–Trinajstić information content (AvgIpc) is 2.52. The van der Waals surface area contributed by atoms with Gasteiger partial charge in [0, 0.05) is 18.9 Å². The van der Waals surface area contributed by atoms with Crippen molar-refractivity contribution in [3.63, 3.8) is 0 Å². The van der Waals surface area contributed by atoms with Gasteiger partial charge < -0.3 is 4.57 Å². The molecule has 0 aliphatic rings. The van der Waals surface area contributed by atoms with Gasteiger partial charge in [0.15, 0.2) is 0 Å². The zero-order valence-corrected chi connectivity index (χ0v) is 8.00. The summed E-state index contributed by atoms with van der Waals surface area (Å²) in [5.41, 5.74) is 0. The zero-order valence-electron chi connectivity index (χ0n) is 7.19. The van der Waals surface area contributed by atoms with Crippen molar-refractivity contribution in [2.45, 2.75) is 25.5 Å². The number of aryl methyl sites for hydroxylation is 1. The third-order valence-electron chi connectivity index (χ3n) is 1.68. The summed E-state index contributed by atoms with van der Waals surface area (Å²) < 4.78 is 24.3. The summed E-state index contributed by atoms with van der Waals surface area (Å²) in [6.45, 7) is 4.13. The fourth-order valence-corrected chi connectivity index (χ4v) is 1.97. The zero-order chi connectivity index (χ0) is 9.19. The second-order valence-electron chi connectivity index (χ2n) is 2.40. The highest BCUT2D eigenvalue weighted by atomic mass is 32.2. The Balaban J connectivity index is 3.19. The predicted molar refractivity (Wildman–Crippen MR) is 45.6 cm³/mol. The van der Waals surface area contributed by atoms with Gasteiger partial charge in [-0.05, 0) is 6.92 Å². The molecule has 0 fully saturated rings. The summed E-state index contributed by atoms with van der Waals surface area (Å²) in [5.74, 6) is 0.101. The van der Waals surface area contributed by atoms with E-state index in [0.29, 0.717) is 6.54 Å². The van der Waals surface area contributed by atoms with Gasteiger partial charge in [0.25, 0.3) is 0 Å². The number of hydrogen-bond acceptors (Lipinski definition) is 3. The maximum absolute atomic E-state index is 11.4. The highest BCUT2D eigenvalue weighted by molar-refractivity contribution is 7.91. The van der Waals surface area contributed by atoms with E-state index in [1.165, 1.54) is 6.20 Å². The molecule has 0 saturated heterocycles. The molecule has 0 amide bonds. The second kappa shape index (κ2) is 3.26. The number of aromatic nitrogens is 2. The number of imidazole rings is 1. The molecule has 0 aliphatic heterocycles. The Morgan fingerprint density at radius 2 is 2.17 bits per heavy atom. The van der Waals surface area contributed by atoms with E-state index in [4.69, 9.17) is 0 Å². The Morgan fingerprint density at radius 1 is 1.50 bits per heavy atom. The predicted octanol–water partition coefficient (Wildman–Crippen LogP) is 0.697. The monoisotopic (exact) mass is 188 g/mol. The minimum Gasteiger partial charge on any atom is -0.322 e. The molecular formula is C7H12N2O2S. The van der Waals surface area contributed by atoms with Gasteiger partial charge in [-0.1, -0.05) is 6.92 Å². The first-order valence-corrected chi connectivity index (χ1v) is 5.51. The van der Waals surface area contributed by atoms with Crippen LogP contribution in [0.4, 0.5) is 0 Å². The van der Waals surface area contributed by atoms with Crippen LogP contribution in [0.1, 0.15) is 13.8 Å². The smallest absolute Gasteiger partial charge is 0.227 e. The SMILES string of the molecule is CCn1ccnc1S(=O)(=O)CC. The lowest BCUT2D eigenvalue weighted by Crippen LogP contribution is -2.11. The van der Waals surface area contributed by atoms with E-state index >= 15 is 0 Å². The van der Waals surface area contributed by atoms with Crippen molar-refractivity contribution in [2.75, 3.05) is 5.75 Å². The molecule has 1 heterocycles. The molecule has 0 spiro atoms. The van der Waals surface area contributed by atoms with Crippen molar-refractivity contribution in [3.05, 3.63) is 12.4 Å². The quantitative estimate of drug-likeness (QED) is 0.701. The van der Waals surface area contributed by atoms with E-state index in [9.17, 15) is 8.42 Å². The van der Waals surface area contributed by atoms with Crippen LogP contribution >= 0.6 is 0 Å². The molecule has 0 aliphatic carbocycles. The second-order valence-corrected chi connectivity index (χ2v) is 4.57. The molecule has 0 bridgehead atoms. The van der Waals surface area contributed by atoms with Crippen molar-refractivity contribution in [1.82, 2.24) is 9.55 Å². The lowest BCUT2D eigenvalue weighted by Gasteiger charge is -2.02. The van der Waals surface area contributed by atoms with E-state index in [0.717, 1.165) is 0 Å². The van der Waals surface area contributed by atoms with Gasteiger partial charge in [-0.3, -0.25) is 0 Å². The molecule has 0 unspecified atom stereocenters. The highest BCUT2D eigenvalue weighted by Gasteiger charge is 2.16. The third-order valence-corrected chi connectivity index (χ3v) is 3.33. The van der Waals surface area contributed by atoms with Crippen molar-refractivity contribution >= 4 is 9.84 Å². The van der Waals surface area contributed by atoms with Gasteiger partial charge in [-0.25, -0.2) is 13.4 Å². The fourth-order valence-electron chi connectivity index (χ4n) is 0.944. The van der Waals surface area contributed by atoms with Crippen LogP contribution in [0.2, 0.25) is 0 Å². The first kappa shape index (κ1) is 9.25. The van der Waals surface area contributed by atoms with E-state index < -0.39 is 9.84 Å². The first-order valence-electron chi connectivity index (χ1n) is 3.85. The van der Waals surface area contributed by atoms with Crippen LogP contribution in [0.25, 0.3) is 0 Å². The number of sulfone groups is 1. The minimum absolute atomic E-state index is 0.101. The molecule has 0 N–H and O–H groups in total. The van der Waals surface area contributed by atoms with Crippen LogP contribution < -0.4 is 0 Å². The summed E-state index contributed by atoms with van der Waals surface area (Å²) in [5, 5.41) is 0.174. The number of hydrogen-bond donors (Lipinski definition) is 0. The van der Waals surface area contributed by atoms with E-state index in [1.54, 1.807) is 17.7 Å². The van der Waals surface area contributed by atoms with Crippen LogP contribution in [0, 0.1) is 0 Å². The molecule has 1 aromatic rings. The Hall–Kier alpha value is -0.840. The normalized spacial score (nSPS) is 11.8. The van der Waals surface area contributed by atoms with E-state index in [2.05, 4.69) is 4.98 Å². The molecule has 4 nitrogen and oxygen atoms in total. The Kier molecular flexibility index (Phi) is 2.52. The largest absolute Gasteiger partial charge is 0.322 e. The van der Waals surface area contributed by atoms with Gasteiger partial charge in [0.1, 0.15) is 0 Å². The lowest BCUT2D eigenvalue weighted by atomic mass is 10.7. The summed E-state index contributed by atoms with van der Waals surface area (Å²) >= 11 is 0. The molecule has 0 atom stereocenters. The maximum Gasteiger partial charge on any atom is 0.227 e. The number of rotatable bonds is 3. The Morgan fingerprint density at radius 3 is 2.67 bits per heavy atom. The van der Waals surface area contributed by atoms with Crippen LogP contribution in [-0.4, -0.2) is 23.7 Å². The van der Waals surface area contributed by atoms with Gasteiger partial charge in [-0.15, -0.1) is 0 Å². The van der Waals surface area contributed by atoms with Crippen LogP contribution in [0.15, 0.2) is 17.6 Å². The molecular weight excluding hydrogens is 176 g/mol. The fraction of sp³-hybridized carbons (Fsp3) is 0.571. The number of nitrogens with zero attached hydrogens (tertiary/aromatic N) is 2. The lowest BCUT2D eigenvalue weighted by molar-refractivity contribution is 0.570. The summed E-state index contributed by atoms with van der Waals surface area (Å²) in [6.07, 6.45) is 3.18. The van der Waals surface area contributed by atoms with Crippen molar-refractivity contribution < 1.29 is 8.42 Å². The minimum atomic E-state index is -3.15. The summed E-state index contributed by atoms with van der Waals surface area (Å²) in [6, 6.07) is 0. The molecule has 1 rings (SSSR count). The third kappa shape index (κ3) is 1.50. The molecule has 68 valence electrons. The van der Waals surface area contributed by atoms with E-state index in [-0.39, 0.29) is 10.9 Å². The maximum atomic E-state index is 11.4. The molecule has 0 aromatic carbocycles. The molecule has 5 heteroatoms. The van der Waals surface area contributed by atoms with Gasteiger partial charge >= 0.3 is 0 Å². The summed E-state index contributed by atoms with van der Waals surface area (Å²) in [7, 11) is -3.15. The van der Waals surface area contributed by atoms with Crippen molar-refractivity contribution in [3.8, 4) is 0 Å².